The van der Waals surface area contributed by atoms with Crippen molar-refractivity contribution in [1.29, 1.82) is 0 Å². The van der Waals surface area contributed by atoms with Crippen LogP contribution >= 0.6 is 0 Å². The predicted molar refractivity (Wildman–Crippen MR) is 107 cm³/mol. The van der Waals surface area contributed by atoms with Crippen molar-refractivity contribution >= 4 is 8.32 Å². The Balaban J connectivity index is 1.85. The first-order valence-electron chi connectivity index (χ1n) is 10.6. The normalized spacial score (nSPS) is 34.0. The summed E-state index contributed by atoms with van der Waals surface area (Å²) in [4.78, 5) is 11.9. The van der Waals surface area contributed by atoms with E-state index in [1.54, 1.807) is 0 Å². The predicted octanol–water partition coefficient (Wildman–Crippen LogP) is 6.48. The molecule has 0 bridgehead atoms. The zero-order chi connectivity index (χ0) is 18.8. The van der Waals surface area contributed by atoms with Crippen LogP contribution in [-0.4, -0.2) is 26.1 Å². The van der Waals surface area contributed by atoms with E-state index < -0.39 is 8.32 Å². The van der Waals surface area contributed by atoms with Crippen LogP contribution < -0.4 is 0 Å². The van der Waals surface area contributed by atoms with Crippen LogP contribution in [0.4, 0.5) is 0 Å². The summed E-state index contributed by atoms with van der Waals surface area (Å²) in [7, 11) is -1.50. The SMILES string of the molecule is CC[Si](CC)(CC)OCCC1(C)CC2(CCC(C(C)(C)C)CC2)OO1. The molecule has 1 saturated heterocycles. The van der Waals surface area contributed by atoms with Gasteiger partial charge in [-0.1, -0.05) is 41.5 Å². The van der Waals surface area contributed by atoms with Gasteiger partial charge in [-0.3, -0.25) is 0 Å². The molecule has 1 spiro atoms. The minimum absolute atomic E-state index is 0.0364. The Kier molecular flexibility index (Phi) is 6.84. The first kappa shape index (κ1) is 21.4. The van der Waals surface area contributed by atoms with E-state index in [4.69, 9.17) is 14.2 Å². The molecule has 2 fully saturated rings. The minimum Gasteiger partial charge on any atom is -0.417 e. The molecule has 0 radical (unpaired) electrons. The van der Waals surface area contributed by atoms with Crippen LogP contribution in [0.1, 0.15) is 87.0 Å². The molecule has 25 heavy (non-hydrogen) atoms. The van der Waals surface area contributed by atoms with Crippen molar-refractivity contribution in [2.24, 2.45) is 11.3 Å². The van der Waals surface area contributed by atoms with Gasteiger partial charge in [0.25, 0.3) is 0 Å². The molecule has 0 amide bonds. The van der Waals surface area contributed by atoms with E-state index in [0.717, 1.165) is 38.2 Å². The van der Waals surface area contributed by atoms with Crippen molar-refractivity contribution in [3.8, 4) is 0 Å². The fourth-order valence-electron chi connectivity index (χ4n) is 4.87. The van der Waals surface area contributed by atoms with Crippen molar-refractivity contribution in [1.82, 2.24) is 0 Å². The van der Waals surface area contributed by atoms with Crippen molar-refractivity contribution in [2.45, 2.75) is 116 Å². The second-order valence-electron chi connectivity index (χ2n) is 9.96. The molecule has 148 valence electrons. The summed E-state index contributed by atoms with van der Waals surface area (Å²) in [5.41, 5.74) is 0.196. The smallest absolute Gasteiger partial charge is 0.191 e. The maximum absolute atomic E-state index is 6.45. The van der Waals surface area contributed by atoms with Gasteiger partial charge in [-0.15, -0.1) is 0 Å². The summed E-state index contributed by atoms with van der Waals surface area (Å²) in [6, 6.07) is 3.64. The van der Waals surface area contributed by atoms with Gasteiger partial charge < -0.3 is 4.43 Å². The second kappa shape index (κ2) is 8.00. The van der Waals surface area contributed by atoms with Crippen LogP contribution in [0.5, 0.6) is 0 Å². The summed E-state index contributed by atoms with van der Waals surface area (Å²) in [5, 5.41) is 0. The first-order chi connectivity index (χ1) is 11.6. The summed E-state index contributed by atoms with van der Waals surface area (Å²) in [5.74, 6) is 0.808. The molecule has 1 atom stereocenters. The molecule has 4 heteroatoms. The van der Waals surface area contributed by atoms with E-state index in [-0.39, 0.29) is 11.2 Å². The monoisotopic (exact) mass is 370 g/mol. The van der Waals surface area contributed by atoms with Gasteiger partial charge in [0.05, 0.1) is 0 Å². The Morgan fingerprint density at radius 2 is 1.56 bits per heavy atom. The first-order valence-corrected chi connectivity index (χ1v) is 13.2. The minimum atomic E-state index is -1.50. The van der Waals surface area contributed by atoms with Gasteiger partial charge in [0, 0.05) is 19.4 Å². The summed E-state index contributed by atoms with van der Waals surface area (Å²) < 4.78 is 6.45. The summed E-state index contributed by atoms with van der Waals surface area (Å²) in [6.07, 6.45) is 6.78. The van der Waals surface area contributed by atoms with Gasteiger partial charge in [-0.05, 0) is 62.1 Å². The lowest BCUT2D eigenvalue weighted by Crippen LogP contribution is -2.39. The Bertz CT molecular complexity index is 411. The topological polar surface area (TPSA) is 27.7 Å². The van der Waals surface area contributed by atoms with Gasteiger partial charge in [0.1, 0.15) is 11.2 Å². The van der Waals surface area contributed by atoms with E-state index in [0.29, 0.717) is 5.41 Å². The highest BCUT2D eigenvalue weighted by Crippen LogP contribution is 2.50. The van der Waals surface area contributed by atoms with E-state index in [2.05, 4.69) is 48.5 Å². The van der Waals surface area contributed by atoms with Gasteiger partial charge >= 0.3 is 0 Å². The van der Waals surface area contributed by atoms with Crippen molar-refractivity contribution in [3.05, 3.63) is 0 Å². The quantitative estimate of drug-likeness (QED) is 0.379. The lowest BCUT2D eigenvalue weighted by atomic mass is 9.66. The zero-order valence-electron chi connectivity index (χ0n) is 17.9. The van der Waals surface area contributed by atoms with E-state index in [1.807, 2.05) is 0 Å². The standard InChI is InChI=1S/C21H42O3Si/c1-8-25(9-2,10-3)22-16-15-20(7)17-21(24-23-20)13-11-18(12-14-21)19(4,5)6/h18H,8-17H2,1-7H3. The Labute approximate surface area is 157 Å². The van der Waals surface area contributed by atoms with E-state index in [1.165, 1.54) is 31.0 Å². The fraction of sp³-hybridized carbons (Fsp3) is 1.00. The molecule has 1 heterocycles. The van der Waals surface area contributed by atoms with E-state index >= 15 is 0 Å². The maximum Gasteiger partial charge on any atom is 0.191 e. The lowest BCUT2D eigenvalue weighted by molar-refractivity contribution is -0.354. The average molecular weight is 371 g/mol. The number of rotatable bonds is 7. The van der Waals surface area contributed by atoms with Crippen molar-refractivity contribution < 1.29 is 14.2 Å². The Hall–Kier alpha value is 0.0969. The van der Waals surface area contributed by atoms with Crippen LogP contribution in [0.3, 0.4) is 0 Å². The maximum atomic E-state index is 6.45. The molecule has 1 unspecified atom stereocenters. The van der Waals surface area contributed by atoms with Crippen LogP contribution in [0.2, 0.25) is 18.1 Å². The molecule has 0 aromatic carbocycles. The Morgan fingerprint density at radius 1 is 1.00 bits per heavy atom. The summed E-state index contributed by atoms with van der Waals surface area (Å²) >= 11 is 0. The molecule has 0 N–H and O–H groups in total. The van der Waals surface area contributed by atoms with Gasteiger partial charge in [0.2, 0.25) is 0 Å². The van der Waals surface area contributed by atoms with Gasteiger partial charge in [-0.2, -0.15) is 0 Å². The number of hydrogen-bond donors (Lipinski definition) is 0. The van der Waals surface area contributed by atoms with Crippen LogP contribution in [0, 0.1) is 11.3 Å². The van der Waals surface area contributed by atoms with Crippen molar-refractivity contribution in [3.63, 3.8) is 0 Å². The molecule has 2 rings (SSSR count). The van der Waals surface area contributed by atoms with Crippen LogP contribution in [-0.2, 0) is 14.2 Å². The molecule has 1 saturated carbocycles. The zero-order valence-corrected chi connectivity index (χ0v) is 18.9. The molecule has 0 aromatic rings. The highest BCUT2D eigenvalue weighted by molar-refractivity contribution is 6.73. The highest BCUT2D eigenvalue weighted by Gasteiger charge is 2.51. The van der Waals surface area contributed by atoms with Crippen molar-refractivity contribution in [2.75, 3.05) is 6.61 Å². The molecule has 0 aromatic heterocycles. The third-order valence-corrected chi connectivity index (χ3v) is 11.9. The molecule has 1 aliphatic carbocycles. The second-order valence-corrected chi connectivity index (χ2v) is 14.7. The highest BCUT2D eigenvalue weighted by atomic mass is 28.4. The molecular formula is C21H42O3Si. The molecule has 2 aliphatic rings. The van der Waals surface area contributed by atoms with Gasteiger partial charge in [0.15, 0.2) is 8.32 Å². The largest absolute Gasteiger partial charge is 0.417 e. The average Bonchev–Trinajstić information content (AvgIpc) is 2.88. The Morgan fingerprint density at radius 3 is 2.04 bits per heavy atom. The number of hydrogen-bond acceptors (Lipinski definition) is 3. The van der Waals surface area contributed by atoms with Crippen LogP contribution in [0.15, 0.2) is 0 Å². The molecular weight excluding hydrogens is 328 g/mol. The fourth-order valence-corrected chi connectivity index (χ4v) is 7.52. The molecule has 1 aliphatic heterocycles. The van der Waals surface area contributed by atoms with E-state index in [9.17, 15) is 0 Å². The third kappa shape index (κ3) is 5.09. The van der Waals surface area contributed by atoms with Crippen LogP contribution in [0.25, 0.3) is 0 Å². The third-order valence-electron chi connectivity index (χ3n) is 7.21. The lowest BCUT2D eigenvalue weighted by Gasteiger charge is -2.40. The molecule has 3 nitrogen and oxygen atoms in total. The van der Waals surface area contributed by atoms with Gasteiger partial charge in [-0.25, -0.2) is 9.78 Å². The summed E-state index contributed by atoms with van der Waals surface area (Å²) in [6.45, 7) is 17.0.